The van der Waals surface area contributed by atoms with Crippen LogP contribution in [0, 0.1) is 11.8 Å². The Labute approximate surface area is 168 Å². The van der Waals surface area contributed by atoms with Crippen molar-refractivity contribution >= 4 is 17.8 Å². The average molecular weight is 396 g/mol. The van der Waals surface area contributed by atoms with E-state index in [0.29, 0.717) is 31.7 Å². The summed E-state index contributed by atoms with van der Waals surface area (Å²) in [6.07, 6.45) is 7.26. The van der Waals surface area contributed by atoms with Crippen LogP contribution in [-0.2, 0) is 14.4 Å². The molecular weight excluding hydrogens is 358 g/mol. The Morgan fingerprint density at radius 2 is 1.89 bits per heavy atom. The van der Waals surface area contributed by atoms with Crippen molar-refractivity contribution in [3.63, 3.8) is 0 Å². The third-order valence-electron chi connectivity index (χ3n) is 5.15. The van der Waals surface area contributed by atoms with E-state index in [2.05, 4.69) is 24.5 Å². The van der Waals surface area contributed by atoms with Crippen LogP contribution in [0.3, 0.4) is 0 Å². The van der Waals surface area contributed by atoms with Gasteiger partial charge in [0, 0.05) is 12.6 Å². The number of carboxylic acids is 1. The molecule has 2 amide bonds. The van der Waals surface area contributed by atoms with Gasteiger partial charge in [-0.3, -0.25) is 9.59 Å². The van der Waals surface area contributed by atoms with Crippen LogP contribution in [0.1, 0.15) is 59.8 Å². The minimum absolute atomic E-state index is 0.0873. The molecule has 0 aromatic rings. The fraction of sp³-hybridized carbons (Fsp3) is 0.762. The maximum atomic E-state index is 12.9. The zero-order valence-electron chi connectivity index (χ0n) is 17.9. The molecule has 0 spiro atoms. The van der Waals surface area contributed by atoms with Crippen LogP contribution >= 0.6 is 0 Å². The van der Waals surface area contributed by atoms with Crippen LogP contribution in [0.5, 0.6) is 0 Å². The number of hydrogen-bond acceptors (Lipinski definition) is 4. The number of likely N-dealkylation sites (N-methyl/N-ethyl adjacent to an activating group) is 1. The molecular formula is C21H37N3O4. The van der Waals surface area contributed by atoms with E-state index in [-0.39, 0.29) is 23.8 Å². The molecule has 0 aromatic heterocycles. The maximum absolute atomic E-state index is 12.9. The SMILES string of the molecule is CCC[C@@H](NC(=O)C1CCCN1C(=O)[C@@H](C)/C=C/[C@H](CC(C)C)NC)C(=O)O. The lowest BCUT2D eigenvalue weighted by Gasteiger charge is -2.27. The fourth-order valence-electron chi connectivity index (χ4n) is 3.56. The summed E-state index contributed by atoms with van der Waals surface area (Å²) in [6.45, 7) is 8.55. The van der Waals surface area contributed by atoms with Gasteiger partial charge < -0.3 is 20.6 Å². The molecule has 0 aliphatic carbocycles. The molecule has 7 heteroatoms. The Bertz CT molecular complexity index is 562. The number of amides is 2. The van der Waals surface area contributed by atoms with Crippen molar-refractivity contribution in [3.05, 3.63) is 12.2 Å². The second-order valence-electron chi connectivity index (χ2n) is 8.08. The maximum Gasteiger partial charge on any atom is 0.326 e. The summed E-state index contributed by atoms with van der Waals surface area (Å²) in [5.41, 5.74) is 0. The van der Waals surface area contributed by atoms with Gasteiger partial charge in [0.15, 0.2) is 0 Å². The third-order valence-corrected chi connectivity index (χ3v) is 5.15. The highest BCUT2D eigenvalue weighted by Gasteiger charge is 2.36. The van der Waals surface area contributed by atoms with Gasteiger partial charge in [0.05, 0.1) is 5.92 Å². The molecule has 0 saturated carbocycles. The van der Waals surface area contributed by atoms with Gasteiger partial charge in [-0.2, -0.15) is 0 Å². The highest BCUT2D eigenvalue weighted by atomic mass is 16.4. The molecule has 0 bridgehead atoms. The van der Waals surface area contributed by atoms with E-state index in [0.717, 1.165) is 12.8 Å². The molecule has 1 aliphatic rings. The summed E-state index contributed by atoms with van der Waals surface area (Å²) >= 11 is 0. The Kier molecular flexibility index (Phi) is 10.2. The second-order valence-corrected chi connectivity index (χ2v) is 8.08. The lowest BCUT2D eigenvalue weighted by atomic mass is 10.0. The quantitative estimate of drug-likeness (QED) is 0.466. The summed E-state index contributed by atoms with van der Waals surface area (Å²) in [5.74, 6) is -1.27. The molecule has 0 aromatic carbocycles. The monoisotopic (exact) mass is 395 g/mol. The number of hydrogen-bond donors (Lipinski definition) is 3. The van der Waals surface area contributed by atoms with Crippen LogP contribution in [-0.4, -0.2) is 59.5 Å². The van der Waals surface area contributed by atoms with Crippen LogP contribution in [0.15, 0.2) is 12.2 Å². The lowest BCUT2D eigenvalue weighted by molar-refractivity contribution is -0.144. The van der Waals surface area contributed by atoms with E-state index in [4.69, 9.17) is 0 Å². The van der Waals surface area contributed by atoms with Crippen LogP contribution in [0.2, 0.25) is 0 Å². The molecule has 1 aliphatic heterocycles. The van der Waals surface area contributed by atoms with Gasteiger partial charge in [0.1, 0.15) is 12.1 Å². The van der Waals surface area contributed by atoms with Gasteiger partial charge in [0.25, 0.3) is 0 Å². The second kappa shape index (κ2) is 11.8. The topological polar surface area (TPSA) is 98.7 Å². The zero-order valence-corrected chi connectivity index (χ0v) is 17.9. The Hall–Kier alpha value is -1.89. The first-order valence-corrected chi connectivity index (χ1v) is 10.4. The minimum Gasteiger partial charge on any atom is -0.480 e. The summed E-state index contributed by atoms with van der Waals surface area (Å²) in [7, 11) is 1.90. The Morgan fingerprint density at radius 1 is 1.21 bits per heavy atom. The van der Waals surface area contributed by atoms with E-state index >= 15 is 0 Å². The van der Waals surface area contributed by atoms with Gasteiger partial charge in [-0.05, 0) is 38.6 Å². The standard InChI is InChI=1S/C21H37N3O4/c1-6-8-17(21(27)28)23-19(25)18-9-7-12-24(18)20(26)15(4)10-11-16(22-5)13-14(2)3/h10-11,14-18,22H,6-9,12-13H2,1-5H3,(H,23,25)(H,27,28)/b11-10+/t15-,16+,17+,18?/m0/s1. The highest BCUT2D eigenvalue weighted by molar-refractivity contribution is 5.91. The Balaban J connectivity index is 2.75. The van der Waals surface area contributed by atoms with E-state index in [9.17, 15) is 19.5 Å². The molecule has 0 radical (unpaired) electrons. The molecule has 1 unspecified atom stereocenters. The average Bonchev–Trinajstić information content (AvgIpc) is 3.13. The number of nitrogens with one attached hydrogen (secondary N) is 2. The van der Waals surface area contributed by atoms with Gasteiger partial charge in [0.2, 0.25) is 11.8 Å². The molecule has 160 valence electrons. The molecule has 3 N–H and O–H groups in total. The summed E-state index contributed by atoms with van der Waals surface area (Å²) in [6, 6.07) is -1.28. The van der Waals surface area contributed by atoms with Crippen molar-refractivity contribution in [2.75, 3.05) is 13.6 Å². The predicted molar refractivity (Wildman–Crippen MR) is 110 cm³/mol. The molecule has 1 rings (SSSR count). The lowest BCUT2D eigenvalue weighted by Crippen LogP contribution is -2.51. The molecule has 28 heavy (non-hydrogen) atoms. The van der Waals surface area contributed by atoms with Crippen molar-refractivity contribution in [2.45, 2.75) is 77.9 Å². The van der Waals surface area contributed by atoms with Crippen LogP contribution in [0.25, 0.3) is 0 Å². The highest BCUT2D eigenvalue weighted by Crippen LogP contribution is 2.21. The molecule has 1 heterocycles. The number of carbonyl (C=O) groups excluding carboxylic acids is 2. The van der Waals surface area contributed by atoms with Gasteiger partial charge >= 0.3 is 5.97 Å². The van der Waals surface area contributed by atoms with Gasteiger partial charge in [-0.25, -0.2) is 4.79 Å². The fourth-order valence-corrected chi connectivity index (χ4v) is 3.56. The number of carbonyl (C=O) groups is 3. The summed E-state index contributed by atoms with van der Waals surface area (Å²) < 4.78 is 0. The smallest absolute Gasteiger partial charge is 0.326 e. The molecule has 7 nitrogen and oxygen atoms in total. The normalized spacial score (nSPS) is 20.4. The molecule has 4 atom stereocenters. The number of likely N-dealkylation sites (tertiary alicyclic amines) is 1. The van der Waals surface area contributed by atoms with E-state index in [1.165, 1.54) is 0 Å². The van der Waals surface area contributed by atoms with Crippen molar-refractivity contribution in [1.82, 2.24) is 15.5 Å². The van der Waals surface area contributed by atoms with Gasteiger partial charge in [-0.15, -0.1) is 0 Å². The van der Waals surface area contributed by atoms with Crippen LogP contribution < -0.4 is 10.6 Å². The van der Waals surface area contributed by atoms with E-state index in [1.54, 1.807) is 4.90 Å². The third kappa shape index (κ3) is 7.26. The zero-order chi connectivity index (χ0) is 21.3. The van der Waals surface area contributed by atoms with Crippen LogP contribution in [0.4, 0.5) is 0 Å². The first-order valence-electron chi connectivity index (χ1n) is 10.4. The van der Waals surface area contributed by atoms with Crippen molar-refractivity contribution in [3.8, 4) is 0 Å². The number of aliphatic carboxylic acids is 1. The van der Waals surface area contributed by atoms with Crippen molar-refractivity contribution in [2.24, 2.45) is 11.8 Å². The van der Waals surface area contributed by atoms with Crippen molar-refractivity contribution in [1.29, 1.82) is 0 Å². The molecule has 1 fully saturated rings. The van der Waals surface area contributed by atoms with Crippen molar-refractivity contribution < 1.29 is 19.5 Å². The first kappa shape index (κ1) is 24.1. The Morgan fingerprint density at radius 3 is 2.43 bits per heavy atom. The molecule has 1 saturated heterocycles. The van der Waals surface area contributed by atoms with E-state index < -0.39 is 18.1 Å². The van der Waals surface area contributed by atoms with Gasteiger partial charge in [-0.1, -0.05) is 46.3 Å². The number of carboxylic acid groups (broad SMARTS) is 1. The summed E-state index contributed by atoms with van der Waals surface area (Å²) in [5, 5.41) is 15.1. The largest absolute Gasteiger partial charge is 0.480 e. The number of rotatable bonds is 11. The first-order chi connectivity index (χ1) is 13.2. The summed E-state index contributed by atoms with van der Waals surface area (Å²) in [4.78, 5) is 38.4. The number of nitrogens with zero attached hydrogens (tertiary/aromatic N) is 1. The predicted octanol–water partition coefficient (Wildman–Crippen LogP) is 2.17. The van der Waals surface area contributed by atoms with E-state index in [1.807, 2.05) is 33.0 Å². The minimum atomic E-state index is -1.04.